The van der Waals surface area contributed by atoms with E-state index in [1.165, 1.54) is 6.33 Å². The zero-order valence-corrected chi connectivity index (χ0v) is 7.38. The van der Waals surface area contributed by atoms with Crippen LogP contribution in [-0.4, -0.2) is 14.9 Å². The lowest BCUT2D eigenvalue weighted by Crippen LogP contribution is -1.89. The predicted octanol–water partition coefficient (Wildman–Crippen LogP) is 2.16. The lowest BCUT2D eigenvalue weighted by molar-refractivity contribution is 0.190. The number of thiophene rings is 1. The van der Waals surface area contributed by atoms with Crippen LogP contribution in [-0.2, 0) is 0 Å². The van der Waals surface area contributed by atoms with Crippen molar-refractivity contribution in [3.63, 3.8) is 0 Å². The predicted molar refractivity (Wildman–Crippen MR) is 47.5 cm³/mol. The minimum atomic E-state index is 0.782. The Hall–Kier alpha value is -1.29. The summed E-state index contributed by atoms with van der Waals surface area (Å²) in [6.07, 6.45) is 1.41. The average Bonchev–Trinajstić information content (AvgIpc) is 2.61. The van der Waals surface area contributed by atoms with Gasteiger partial charge in [0.1, 0.15) is 12.0 Å². The molecule has 0 spiro atoms. The molecule has 3 nitrogen and oxygen atoms in total. The summed E-state index contributed by atoms with van der Waals surface area (Å²) >= 11 is 1.59. The van der Waals surface area contributed by atoms with Crippen LogP contribution in [0.25, 0.3) is 10.6 Å². The Kier molecular flexibility index (Phi) is 1.62. The highest BCUT2D eigenvalue weighted by Gasteiger charge is 2.09. The fourth-order valence-electron chi connectivity index (χ4n) is 1.13. The van der Waals surface area contributed by atoms with Crippen molar-refractivity contribution in [2.45, 2.75) is 6.92 Å². The number of imidazole rings is 1. The normalized spacial score (nSPS) is 10.4. The summed E-state index contributed by atoms with van der Waals surface area (Å²) in [7, 11) is 0. The standard InChI is InChI=1S/C8H8N2OS/c1-6-8(10(11)5-9-6)7-3-2-4-12-7/h2-5,11H,1H3. The maximum absolute atomic E-state index is 9.36. The number of rotatable bonds is 1. The van der Waals surface area contributed by atoms with Crippen LogP contribution < -0.4 is 0 Å². The van der Waals surface area contributed by atoms with Gasteiger partial charge in [0, 0.05) is 0 Å². The molecule has 0 bridgehead atoms. The van der Waals surface area contributed by atoms with Gasteiger partial charge < -0.3 is 5.21 Å². The molecule has 4 heteroatoms. The second-order valence-corrected chi connectivity index (χ2v) is 3.45. The summed E-state index contributed by atoms with van der Waals surface area (Å²) in [6, 6.07) is 3.91. The largest absolute Gasteiger partial charge is 0.427 e. The first-order valence-corrected chi connectivity index (χ1v) is 4.44. The van der Waals surface area contributed by atoms with Crippen molar-refractivity contribution in [1.82, 2.24) is 9.71 Å². The summed E-state index contributed by atoms with van der Waals surface area (Å²) in [5, 5.41) is 11.3. The molecule has 1 N–H and O–H groups in total. The monoisotopic (exact) mass is 180 g/mol. The first kappa shape index (κ1) is 7.36. The van der Waals surface area contributed by atoms with Crippen LogP contribution in [0.15, 0.2) is 23.8 Å². The van der Waals surface area contributed by atoms with E-state index in [9.17, 15) is 5.21 Å². The van der Waals surface area contributed by atoms with Crippen molar-refractivity contribution < 1.29 is 5.21 Å². The van der Waals surface area contributed by atoms with Gasteiger partial charge in [-0.3, -0.25) is 0 Å². The fourth-order valence-corrected chi connectivity index (χ4v) is 1.94. The third-order valence-electron chi connectivity index (χ3n) is 1.69. The Morgan fingerprint density at radius 3 is 2.92 bits per heavy atom. The molecule has 0 amide bonds. The van der Waals surface area contributed by atoms with Gasteiger partial charge in [-0.25, -0.2) is 4.98 Å². The van der Waals surface area contributed by atoms with E-state index in [1.807, 2.05) is 24.4 Å². The second kappa shape index (κ2) is 2.64. The molecule has 0 atom stereocenters. The molecule has 2 heterocycles. The van der Waals surface area contributed by atoms with E-state index in [0.717, 1.165) is 21.0 Å². The summed E-state index contributed by atoms with van der Waals surface area (Å²) in [6.45, 7) is 1.88. The van der Waals surface area contributed by atoms with E-state index in [0.29, 0.717) is 0 Å². The molecule has 0 fully saturated rings. The molecule has 0 aliphatic rings. The SMILES string of the molecule is Cc1ncn(O)c1-c1cccs1. The Morgan fingerprint density at radius 2 is 2.42 bits per heavy atom. The second-order valence-electron chi connectivity index (χ2n) is 2.50. The highest BCUT2D eigenvalue weighted by molar-refractivity contribution is 7.13. The first-order chi connectivity index (χ1) is 5.79. The van der Waals surface area contributed by atoms with Crippen molar-refractivity contribution >= 4 is 11.3 Å². The first-order valence-electron chi connectivity index (χ1n) is 3.56. The van der Waals surface area contributed by atoms with Gasteiger partial charge in [-0.05, 0) is 18.4 Å². The molecule has 0 saturated carbocycles. The molecule has 0 aliphatic heterocycles. The van der Waals surface area contributed by atoms with E-state index < -0.39 is 0 Å². The van der Waals surface area contributed by atoms with E-state index >= 15 is 0 Å². The number of hydrogen-bond donors (Lipinski definition) is 1. The molecule has 0 unspecified atom stereocenters. The van der Waals surface area contributed by atoms with Gasteiger partial charge in [0.15, 0.2) is 0 Å². The van der Waals surface area contributed by atoms with Crippen LogP contribution in [0.5, 0.6) is 0 Å². The van der Waals surface area contributed by atoms with Crippen LogP contribution in [0.1, 0.15) is 5.69 Å². The third kappa shape index (κ3) is 1.00. The molecule has 2 rings (SSSR count). The van der Waals surface area contributed by atoms with E-state index in [2.05, 4.69) is 4.98 Å². The van der Waals surface area contributed by atoms with Crippen LogP contribution in [0.4, 0.5) is 0 Å². The molecule has 12 heavy (non-hydrogen) atoms. The number of aromatic nitrogens is 2. The van der Waals surface area contributed by atoms with Gasteiger partial charge in [0.2, 0.25) is 0 Å². The van der Waals surface area contributed by atoms with Crippen LogP contribution >= 0.6 is 11.3 Å². The van der Waals surface area contributed by atoms with Gasteiger partial charge in [-0.2, -0.15) is 4.73 Å². The zero-order chi connectivity index (χ0) is 8.55. The van der Waals surface area contributed by atoms with Crippen molar-refractivity contribution in [2.75, 3.05) is 0 Å². The fraction of sp³-hybridized carbons (Fsp3) is 0.125. The summed E-state index contributed by atoms with van der Waals surface area (Å²) in [4.78, 5) is 5.03. The lowest BCUT2D eigenvalue weighted by atomic mass is 10.3. The topological polar surface area (TPSA) is 38.0 Å². The number of aryl methyl sites for hydroxylation is 1. The Balaban J connectivity index is 2.60. The highest BCUT2D eigenvalue weighted by Crippen LogP contribution is 2.25. The van der Waals surface area contributed by atoms with E-state index in [1.54, 1.807) is 11.3 Å². The molecule has 2 aromatic rings. The Labute approximate surface area is 73.9 Å². The maximum atomic E-state index is 9.36. The molecule has 0 aromatic carbocycles. The van der Waals surface area contributed by atoms with Gasteiger partial charge in [-0.1, -0.05) is 6.07 Å². The molecular formula is C8H8N2OS. The van der Waals surface area contributed by atoms with E-state index in [4.69, 9.17) is 0 Å². The average molecular weight is 180 g/mol. The quantitative estimate of drug-likeness (QED) is 0.683. The minimum absolute atomic E-state index is 0.782. The van der Waals surface area contributed by atoms with Crippen molar-refractivity contribution in [1.29, 1.82) is 0 Å². The number of nitrogens with zero attached hydrogens (tertiary/aromatic N) is 2. The Morgan fingerprint density at radius 1 is 1.58 bits per heavy atom. The van der Waals surface area contributed by atoms with Crippen LogP contribution in [0.2, 0.25) is 0 Å². The summed E-state index contributed by atoms with van der Waals surface area (Å²) < 4.78 is 1.06. The molecule has 0 aliphatic carbocycles. The minimum Gasteiger partial charge on any atom is -0.427 e. The maximum Gasteiger partial charge on any atom is 0.132 e. The molecule has 2 aromatic heterocycles. The highest BCUT2D eigenvalue weighted by atomic mass is 32.1. The summed E-state index contributed by atoms with van der Waals surface area (Å²) in [5.74, 6) is 0. The molecule has 0 saturated heterocycles. The lowest BCUT2D eigenvalue weighted by Gasteiger charge is -1.97. The van der Waals surface area contributed by atoms with Crippen molar-refractivity contribution in [3.05, 3.63) is 29.5 Å². The van der Waals surface area contributed by atoms with Gasteiger partial charge >= 0.3 is 0 Å². The zero-order valence-electron chi connectivity index (χ0n) is 6.56. The molecule has 0 radical (unpaired) electrons. The third-order valence-corrected chi connectivity index (χ3v) is 2.56. The van der Waals surface area contributed by atoms with Crippen molar-refractivity contribution in [3.8, 4) is 10.6 Å². The van der Waals surface area contributed by atoms with Crippen molar-refractivity contribution in [2.24, 2.45) is 0 Å². The molecular weight excluding hydrogens is 172 g/mol. The van der Waals surface area contributed by atoms with Crippen LogP contribution in [0.3, 0.4) is 0 Å². The molecule has 62 valence electrons. The van der Waals surface area contributed by atoms with E-state index in [-0.39, 0.29) is 0 Å². The summed E-state index contributed by atoms with van der Waals surface area (Å²) in [5.41, 5.74) is 1.63. The van der Waals surface area contributed by atoms with Gasteiger partial charge in [0.25, 0.3) is 0 Å². The van der Waals surface area contributed by atoms with Gasteiger partial charge in [-0.15, -0.1) is 11.3 Å². The van der Waals surface area contributed by atoms with Gasteiger partial charge in [0.05, 0.1) is 10.6 Å². The smallest absolute Gasteiger partial charge is 0.132 e. The van der Waals surface area contributed by atoms with Crippen LogP contribution in [0, 0.1) is 6.92 Å². The Bertz CT molecular complexity index is 358. The number of hydrogen-bond acceptors (Lipinski definition) is 3.